The van der Waals surface area contributed by atoms with Gasteiger partial charge in [0.1, 0.15) is 10.2 Å². The van der Waals surface area contributed by atoms with E-state index in [2.05, 4.69) is 16.2 Å². The smallest absolute Gasteiger partial charge is 0.272 e. The van der Waals surface area contributed by atoms with Crippen LogP contribution in [0.25, 0.3) is 10.2 Å². The molecule has 2 aromatic rings. The van der Waals surface area contributed by atoms with Crippen LogP contribution in [-0.4, -0.2) is 15.6 Å². The van der Waals surface area contributed by atoms with Gasteiger partial charge in [0.15, 0.2) is 0 Å². The first-order valence-corrected chi connectivity index (χ1v) is 7.87. The van der Waals surface area contributed by atoms with Gasteiger partial charge in [0.2, 0.25) is 5.95 Å². The molecular formula is C15H17N3OS. The van der Waals surface area contributed by atoms with Crippen molar-refractivity contribution in [2.24, 2.45) is 0 Å². The Morgan fingerprint density at radius 2 is 2.30 bits per heavy atom. The zero-order valence-electron chi connectivity index (χ0n) is 11.5. The fourth-order valence-corrected chi connectivity index (χ4v) is 3.65. The van der Waals surface area contributed by atoms with E-state index in [1.54, 1.807) is 4.57 Å². The summed E-state index contributed by atoms with van der Waals surface area (Å²) in [6.07, 6.45) is 10.2. The number of hydrogen-bond donors (Lipinski definition) is 1. The van der Waals surface area contributed by atoms with E-state index in [4.69, 9.17) is 6.42 Å². The summed E-state index contributed by atoms with van der Waals surface area (Å²) >= 11 is 1.38. The highest BCUT2D eigenvalue weighted by Gasteiger charge is 2.19. The molecule has 20 heavy (non-hydrogen) atoms. The van der Waals surface area contributed by atoms with Crippen LogP contribution in [0, 0.1) is 12.3 Å². The number of nitrogens with one attached hydrogen (secondary N) is 1. The van der Waals surface area contributed by atoms with E-state index in [1.807, 2.05) is 12.3 Å². The maximum atomic E-state index is 12.5. The van der Waals surface area contributed by atoms with Gasteiger partial charge in [0.05, 0.1) is 5.56 Å². The van der Waals surface area contributed by atoms with E-state index < -0.39 is 0 Å². The Hall–Kier alpha value is -1.80. The molecule has 5 heteroatoms. The van der Waals surface area contributed by atoms with Crippen LogP contribution < -0.4 is 10.9 Å². The van der Waals surface area contributed by atoms with Crippen molar-refractivity contribution in [2.45, 2.75) is 45.2 Å². The van der Waals surface area contributed by atoms with Gasteiger partial charge in [0, 0.05) is 18.0 Å². The highest BCUT2D eigenvalue weighted by molar-refractivity contribution is 7.17. The van der Waals surface area contributed by atoms with Crippen molar-refractivity contribution in [1.29, 1.82) is 0 Å². The van der Waals surface area contributed by atoms with Crippen molar-refractivity contribution < 1.29 is 0 Å². The van der Waals surface area contributed by atoms with Gasteiger partial charge < -0.3 is 5.32 Å². The summed E-state index contributed by atoms with van der Waals surface area (Å²) < 4.78 is 2.36. The van der Waals surface area contributed by atoms with Crippen LogP contribution in [0.5, 0.6) is 0 Å². The summed E-state index contributed by atoms with van der Waals surface area (Å²) in [7, 11) is 0. The highest BCUT2D eigenvalue weighted by atomic mass is 32.1. The van der Waals surface area contributed by atoms with Gasteiger partial charge in [-0.1, -0.05) is 18.8 Å². The standard InChI is InChI=1S/C15H17N3OS/c1-3-10-9-20-13-12(10)17-15(18(4-2)14(13)19)16-11-7-5-6-8-11/h1,9,11H,4-8H2,2H3,(H,16,17). The quantitative estimate of drug-likeness (QED) is 0.883. The second-order valence-corrected chi connectivity index (χ2v) is 5.96. The molecule has 0 aromatic carbocycles. The molecule has 0 spiro atoms. The summed E-state index contributed by atoms with van der Waals surface area (Å²) in [6, 6.07) is 0.421. The van der Waals surface area contributed by atoms with Gasteiger partial charge >= 0.3 is 0 Å². The summed E-state index contributed by atoms with van der Waals surface area (Å²) in [4.78, 5) is 17.1. The zero-order valence-corrected chi connectivity index (χ0v) is 12.3. The van der Waals surface area contributed by atoms with E-state index in [0.29, 0.717) is 34.3 Å². The Morgan fingerprint density at radius 3 is 2.95 bits per heavy atom. The van der Waals surface area contributed by atoms with Crippen LogP contribution in [0.1, 0.15) is 38.2 Å². The number of fused-ring (bicyclic) bond motifs is 1. The topological polar surface area (TPSA) is 46.9 Å². The monoisotopic (exact) mass is 287 g/mol. The minimum absolute atomic E-state index is 0.00416. The predicted octanol–water partition coefficient (Wildman–Crippen LogP) is 2.81. The lowest BCUT2D eigenvalue weighted by atomic mass is 10.2. The van der Waals surface area contributed by atoms with Crippen molar-refractivity contribution in [1.82, 2.24) is 9.55 Å². The predicted molar refractivity (Wildman–Crippen MR) is 83.4 cm³/mol. The van der Waals surface area contributed by atoms with Crippen LogP contribution in [0.4, 0.5) is 5.95 Å². The molecule has 1 saturated carbocycles. The highest BCUT2D eigenvalue weighted by Crippen LogP contribution is 2.25. The van der Waals surface area contributed by atoms with Gasteiger partial charge in [-0.3, -0.25) is 9.36 Å². The molecule has 0 amide bonds. The van der Waals surface area contributed by atoms with Crippen molar-refractivity contribution in [3.63, 3.8) is 0 Å². The number of rotatable bonds is 3. The maximum Gasteiger partial charge on any atom is 0.272 e. The van der Waals surface area contributed by atoms with Gasteiger partial charge in [-0.25, -0.2) is 4.98 Å². The first-order chi connectivity index (χ1) is 9.74. The second kappa shape index (κ2) is 5.29. The number of nitrogens with zero attached hydrogens (tertiary/aromatic N) is 2. The average molecular weight is 287 g/mol. The zero-order chi connectivity index (χ0) is 14.1. The molecular weight excluding hydrogens is 270 g/mol. The van der Waals surface area contributed by atoms with E-state index >= 15 is 0 Å². The minimum atomic E-state index is 0.00416. The summed E-state index contributed by atoms with van der Waals surface area (Å²) in [5.41, 5.74) is 1.37. The first kappa shape index (κ1) is 13.2. The van der Waals surface area contributed by atoms with E-state index in [-0.39, 0.29) is 5.56 Å². The largest absolute Gasteiger partial charge is 0.353 e. The van der Waals surface area contributed by atoms with E-state index in [1.165, 1.54) is 24.2 Å². The molecule has 104 valence electrons. The van der Waals surface area contributed by atoms with Crippen molar-refractivity contribution >= 4 is 27.5 Å². The summed E-state index contributed by atoms with van der Waals surface area (Å²) in [6.45, 7) is 2.57. The molecule has 2 heterocycles. The molecule has 1 aliphatic rings. The average Bonchev–Trinajstić information content (AvgIpc) is 3.08. The fraction of sp³-hybridized carbons (Fsp3) is 0.467. The maximum absolute atomic E-state index is 12.5. The number of aromatic nitrogens is 2. The van der Waals surface area contributed by atoms with Crippen molar-refractivity contribution in [2.75, 3.05) is 5.32 Å². The third-order valence-electron chi connectivity index (χ3n) is 3.84. The lowest BCUT2D eigenvalue weighted by molar-refractivity contribution is 0.683. The Balaban J connectivity index is 2.13. The molecule has 0 atom stereocenters. The molecule has 0 aliphatic heterocycles. The van der Waals surface area contributed by atoms with Crippen molar-refractivity contribution in [3.8, 4) is 12.3 Å². The van der Waals surface area contributed by atoms with Gasteiger partial charge in [0.25, 0.3) is 5.56 Å². The molecule has 0 bridgehead atoms. The molecule has 1 fully saturated rings. The van der Waals surface area contributed by atoms with Gasteiger partial charge in [-0.05, 0) is 19.8 Å². The lowest BCUT2D eigenvalue weighted by Crippen LogP contribution is -2.27. The number of terminal acetylenes is 1. The molecule has 0 unspecified atom stereocenters. The number of anilines is 1. The lowest BCUT2D eigenvalue weighted by Gasteiger charge is -2.16. The minimum Gasteiger partial charge on any atom is -0.353 e. The molecule has 4 nitrogen and oxygen atoms in total. The summed E-state index contributed by atoms with van der Waals surface area (Å²) in [5, 5.41) is 5.25. The second-order valence-electron chi connectivity index (χ2n) is 5.08. The molecule has 2 aromatic heterocycles. The molecule has 3 rings (SSSR count). The van der Waals surface area contributed by atoms with Crippen LogP contribution in [0.15, 0.2) is 10.2 Å². The Bertz CT molecular complexity index is 732. The Morgan fingerprint density at radius 1 is 1.55 bits per heavy atom. The van der Waals surface area contributed by atoms with Crippen LogP contribution in [-0.2, 0) is 6.54 Å². The molecule has 0 radical (unpaired) electrons. The molecule has 1 aliphatic carbocycles. The number of thiophene rings is 1. The van der Waals surface area contributed by atoms with E-state index in [0.717, 1.165) is 12.8 Å². The molecule has 1 N–H and O–H groups in total. The Kier molecular flexibility index (Phi) is 3.49. The first-order valence-electron chi connectivity index (χ1n) is 6.99. The van der Waals surface area contributed by atoms with Crippen molar-refractivity contribution in [3.05, 3.63) is 21.3 Å². The van der Waals surface area contributed by atoms with Gasteiger partial charge in [-0.15, -0.1) is 17.8 Å². The van der Waals surface area contributed by atoms with Crippen LogP contribution in [0.2, 0.25) is 0 Å². The SMILES string of the molecule is C#Cc1csc2c(=O)n(CC)c(NC3CCCC3)nc12. The fourth-order valence-electron chi connectivity index (χ4n) is 2.76. The molecule has 0 saturated heterocycles. The van der Waals surface area contributed by atoms with Crippen LogP contribution >= 0.6 is 11.3 Å². The number of hydrogen-bond acceptors (Lipinski definition) is 4. The third-order valence-corrected chi connectivity index (χ3v) is 4.79. The normalized spacial score (nSPS) is 15.6. The van der Waals surface area contributed by atoms with Gasteiger partial charge in [-0.2, -0.15) is 0 Å². The van der Waals surface area contributed by atoms with E-state index in [9.17, 15) is 4.79 Å². The third kappa shape index (κ3) is 2.10. The van der Waals surface area contributed by atoms with Crippen LogP contribution in [0.3, 0.4) is 0 Å². The summed E-state index contributed by atoms with van der Waals surface area (Å²) in [5.74, 6) is 3.27. The Labute approximate surface area is 121 Å².